The number of aryl methyl sites for hydroxylation is 1. The zero-order valence-corrected chi connectivity index (χ0v) is 22.4. The monoisotopic (exact) mass is 532 g/mol. The van der Waals surface area contributed by atoms with Crippen molar-refractivity contribution in [3.63, 3.8) is 0 Å². The average Bonchev–Trinajstić information content (AvgIpc) is 3.15. The van der Waals surface area contributed by atoms with Crippen LogP contribution in [0.2, 0.25) is 0 Å². The first-order chi connectivity index (χ1) is 16.4. The molecule has 5 heteroatoms. The topological polar surface area (TPSA) is 63.6 Å². The number of rotatable bonds is 10. The molecule has 1 aromatic carbocycles. The van der Waals surface area contributed by atoms with Gasteiger partial charge in [0.1, 0.15) is 6.10 Å². The van der Waals surface area contributed by atoms with Crippen molar-refractivity contribution >= 4 is 27.9 Å². The number of carboxylic acid groups (broad SMARTS) is 1. The summed E-state index contributed by atoms with van der Waals surface area (Å²) in [4.78, 5) is 24.3. The second-order valence-corrected chi connectivity index (χ2v) is 11.9. The zero-order chi connectivity index (χ0) is 24.3. The second kappa shape index (κ2) is 11.1. The van der Waals surface area contributed by atoms with E-state index in [0.29, 0.717) is 30.6 Å². The van der Waals surface area contributed by atoms with Crippen LogP contribution in [0.3, 0.4) is 0 Å². The zero-order valence-electron chi connectivity index (χ0n) is 20.9. The molecular formula is C29H41BrO4. The molecule has 3 aliphatic rings. The molecule has 1 N–H and O–H groups in total. The van der Waals surface area contributed by atoms with E-state index in [1.807, 2.05) is 0 Å². The maximum Gasteiger partial charge on any atom is 0.310 e. The van der Waals surface area contributed by atoms with E-state index in [1.165, 1.54) is 17.5 Å². The number of aliphatic carboxylic acids is 1. The van der Waals surface area contributed by atoms with Gasteiger partial charge < -0.3 is 9.84 Å². The number of unbranched alkanes of at least 4 members (excludes halogenated alkanes) is 2. The lowest BCUT2D eigenvalue weighted by Gasteiger charge is -2.50. The molecule has 0 saturated heterocycles. The third-order valence-corrected chi connectivity index (χ3v) is 9.81. The molecule has 0 heterocycles. The fraction of sp³-hybridized carbons (Fsp3) is 0.724. The van der Waals surface area contributed by atoms with E-state index in [4.69, 9.17) is 4.74 Å². The number of carbonyl (C=O) groups excluding carboxylic acids is 1. The van der Waals surface area contributed by atoms with Gasteiger partial charge in [-0.1, -0.05) is 60.8 Å². The van der Waals surface area contributed by atoms with Gasteiger partial charge in [-0.25, -0.2) is 0 Å². The summed E-state index contributed by atoms with van der Waals surface area (Å²) >= 11 is 3.45. The summed E-state index contributed by atoms with van der Waals surface area (Å²) < 4.78 is 6.04. The Morgan fingerprint density at radius 1 is 1.18 bits per heavy atom. The third-order valence-electron chi connectivity index (χ3n) is 9.25. The molecule has 6 atom stereocenters. The minimum Gasteiger partial charge on any atom is -0.481 e. The number of ether oxygens (including phenoxy) is 1. The molecule has 2 fully saturated rings. The van der Waals surface area contributed by atoms with Gasteiger partial charge in [0, 0.05) is 17.2 Å². The van der Waals surface area contributed by atoms with Gasteiger partial charge in [0.25, 0.3) is 0 Å². The number of alkyl halides is 1. The van der Waals surface area contributed by atoms with E-state index >= 15 is 0 Å². The molecule has 0 spiro atoms. The summed E-state index contributed by atoms with van der Waals surface area (Å²) in [7, 11) is 0. The van der Waals surface area contributed by atoms with Crippen LogP contribution in [-0.2, 0) is 20.7 Å². The Balaban J connectivity index is 1.48. The highest BCUT2D eigenvalue weighted by Crippen LogP contribution is 2.61. The Bertz CT molecular complexity index is 883. The van der Waals surface area contributed by atoms with Crippen LogP contribution in [0.1, 0.15) is 113 Å². The average molecular weight is 534 g/mol. The van der Waals surface area contributed by atoms with Gasteiger partial charge in [-0.2, -0.15) is 0 Å². The van der Waals surface area contributed by atoms with Crippen LogP contribution in [0.15, 0.2) is 18.2 Å². The van der Waals surface area contributed by atoms with E-state index in [1.54, 1.807) is 0 Å². The van der Waals surface area contributed by atoms with E-state index < -0.39 is 11.9 Å². The van der Waals surface area contributed by atoms with Crippen molar-refractivity contribution in [3.05, 3.63) is 34.9 Å². The predicted molar refractivity (Wildman–Crippen MR) is 138 cm³/mol. The SMILES string of the molecule is CCCCC(=O)O[C@H]1CC[C@H]2[C@@H]3CCc4cc(C(CCCCBr)C(=O)O)ccc4[C@H]3CC[C@]12C. The van der Waals surface area contributed by atoms with Crippen molar-refractivity contribution in [2.75, 3.05) is 5.33 Å². The van der Waals surface area contributed by atoms with Gasteiger partial charge in [0.2, 0.25) is 0 Å². The lowest BCUT2D eigenvalue weighted by Crippen LogP contribution is -2.45. The molecule has 188 valence electrons. The first-order valence-electron chi connectivity index (χ1n) is 13.5. The predicted octanol–water partition coefficient (Wildman–Crippen LogP) is 7.38. The summed E-state index contributed by atoms with van der Waals surface area (Å²) in [5.41, 5.74) is 3.90. The molecule has 0 aliphatic heterocycles. The Morgan fingerprint density at radius 3 is 2.74 bits per heavy atom. The van der Waals surface area contributed by atoms with E-state index in [9.17, 15) is 14.7 Å². The minimum absolute atomic E-state index is 0.0125. The standard InChI is InChI=1S/C29H41BrO4/c1-3-4-8-27(31)34-26-14-13-25-24-12-10-19-18-20(22(28(32)33)7-5-6-17-30)9-11-21(19)23(24)15-16-29(25,26)2/h9,11,18,22-26H,3-8,10,12-17H2,1-2H3,(H,32,33)/t22?,23-,24-,25+,26+,29+/m1/s1. The first-order valence-corrected chi connectivity index (χ1v) is 14.6. The Labute approximate surface area is 213 Å². The smallest absolute Gasteiger partial charge is 0.310 e. The summed E-state index contributed by atoms with van der Waals surface area (Å²) in [5.74, 6) is 0.685. The number of carbonyl (C=O) groups is 2. The van der Waals surface area contributed by atoms with Gasteiger partial charge in [0.15, 0.2) is 0 Å². The van der Waals surface area contributed by atoms with Gasteiger partial charge in [-0.05, 0) is 92.2 Å². The van der Waals surface area contributed by atoms with Crippen LogP contribution in [0, 0.1) is 17.3 Å². The lowest BCUT2D eigenvalue weighted by molar-refractivity contribution is -0.157. The molecule has 0 bridgehead atoms. The van der Waals surface area contributed by atoms with Crippen molar-refractivity contribution in [1.82, 2.24) is 0 Å². The molecule has 34 heavy (non-hydrogen) atoms. The van der Waals surface area contributed by atoms with Crippen molar-refractivity contribution in [3.8, 4) is 0 Å². The van der Waals surface area contributed by atoms with Crippen LogP contribution in [-0.4, -0.2) is 28.5 Å². The van der Waals surface area contributed by atoms with E-state index in [2.05, 4.69) is 48.0 Å². The van der Waals surface area contributed by atoms with Gasteiger partial charge in [-0.15, -0.1) is 0 Å². The number of benzene rings is 1. The number of halogens is 1. The van der Waals surface area contributed by atoms with Crippen molar-refractivity contribution in [2.24, 2.45) is 17.3 Å². The van der Waals surface area contributed by atoms with Crippen LogP contribution < -0.4 is 0 Å². The van der Waals surface area contributed by atoms with Crippen molar-refractivity contribution < 1.29 is 19.4 Å². The number of hydrogen-bond acceptors (Lipinski definition) is 3. The fourth-order valence-corrected chi connectivity index (χ4v) is 7.78. The molecular weight excluding hydrogens is 492 g/mol. The van der Waals surface area contributed by atoms with Gasteiger partial charge >= 0.3 is 11.9 Å². The van der Waals surface area contributed by atoms with E-state index in [0.717, 1.165) is 68.7 Å². The number of hydrogen-bond donors (Lipinski definition) is 1. The molecule has 2 saturated carbocycles. The molecule has 4 rings (SSSR count). The van der Waals surface area contributed by atoms with Crippen molar-refractivity contribution in [2.45, 2.75) is 109 Å². The molecule has 0 aromatic heterocycles. The summed E-state index contributed by atoms with van der Waals surface area (Å²) in [6, 6.07) is 6.55. The highest BCUT2D eigenvalue weighted by atomic mass is 79.9. The molecule has 1 unspecified atom stereocenters. The number of fused-ring (bicyclic) bond motifs is 5. The van der Waals surface area contributed by atoms with Gasteiger partial charge in [-0.3, -0.25) is 9.59 Å². The molecule has 4 nitrogen and oxygen atoms in total. The van der Waals surface area contributed by atoms with Crippen molar-refractivity contribution in [1.29, 1.82) is 0 Å². The highest BCUT2D eigenvalue weighted by Gasteiger charge is 2.56. The molecule has 0 amide bonds. The molecule has 0 radical (unpaired) electrons. The van der Waals surface area contributed by atoms with Crippen LogP contribution in [0.5, 0.6) is 0 Å². The highest BCUT2D eigenvalue weighted by molar-refractivity contribution is 9.09. The Kier molecular flexibility index (Phi) is 8.43. The normalized spacial score (nSPS) is 30.7. The summed E-state index contributed by atoms with van der Waals surface area (Å²) in [6.07, 6.45) is 11.8. The second-order valence-electron chi connectivity index (χ2n) is 11.2. The maximum absolute atomic E-state index is 12.4. The minimum atomic E-state index is -0.706. The third kappa shape index (κ3) is 5.10. The largest absolute Gasteiger partial charge is 0.481 e. The number of esters is 1. The summed E-state index contributed by atoms with van der Waals surface area (Å²) in [5, 5.41) is 10.8. The lowest BCUT2D eigenvalue weighted by atomic mass is 9.55. The maximum atomic E-state index is 12.4. The van der Waals surface area contributed by atoms with Gasteiger partial charge in [0.05, 0.1) is 5.92 Å². The van der Waals surface area contributed by atoms with Crippen LogP contribution in [0.4, 0.5) is 0 Å². The first kappa shape index (κ1) is 25.7. The molecule has 1 aromatic rings. The quantitative estimate of drug-likeness (QED) is 0.194. The van der Waals surface area contributed by atoms with Crippen LogP contribution >= 0.6 is 15.9 Å². The van der Waals surface area contributed by atoms with Crippen LogP contribution in [0.25, 0.3) is 0 Å². The van der Waals surface area contributed by atoms with E-state index in [-0.39, 0.29) is 17.5 Å². The Hall–Kier alpha value is -1.36. The fourth-order valence-electron chi connectivity index (χ4n) is 7.38. The number of carboxylic acids is 1. The molecule has 3 aliphatic carbocycles. The Morgan fingerprint density at radius 2 is 2.00 bits per heavy atom. The summed E-state index contributed by atoms with van der Waals surface area (Å²) in [6.45, 7) is 4.49.